The Hall–Kier alpha value is -1.10. The lowest BCUT2D eigenvalue weighted by Crippen LogP contribution is -2.37. The third kappa shape index (κ3) is 4.78. The van der Waals surface area contributed by atoms with Crippen LogP contribution in [0.2, 0.25) is 0 Å². The zero-order valence-electron chi connectivity index (χ0n) is 12.3. The minimum Gasteiger partial charge on any atom is -0.491 e. The van der Waals surface area contributed by atoms with Crippen molar-refractivity contribution in [2.45, 2.75) is 44.4 Å². The first kappa shape index (κ1) is 15.3. The minimum atomic E-state index is -0.488. The minimum absolute atomic E-state index is 0.316. The molecule has 20 heavy (non-hydrogen) atoms. The van der Waals surface area contributed by atoms with Gasteiger partial charge in [-0.2, -0.15) is 0 Å². The molecular weight excluding hydrogens is 254 g/mol. The molecule has 4 heteroatoms. The number of hydrogen-bond donors (Lipinski definition) is 2. The Balaban J connectivity index is 1.63. The molecule has 0 heterocycles. The number of hydrogen-bond acceptors (Lipinski definition) is 4. The standard InChI is InChI=1S/C16H25NO3/c1-12-3-6-15(7-4-12)20-11-14(18)10-17-13-5-8-16(9-13)19-2/h3-4,6-7,13-14,16-18H,5,8-11H2,1-2H3. The molecule has 1 saturated carbocycles. The lowest BCUT2D eigenvalue weighted by atomic mass is 10.2. The van der Waals surface area contributed by atoms with Crippen LogP contribution in [-0.4, -0.2) is 43.6 Å². The van der Waals surface area contributed by atoms with E-state index in [0.717, 1.165) is 25.0 Å². The molecule has 0 aromatic heterocycles. The Bertz CT molecular complexity index is 393. The Morgan fingerprint density at radius 3 is 2.70 bits per heavy atom. The van der Waals surface area contributed by atoms with Gasteiger partial charge in [-0.25, -0.2) is 0 Å². The topological polar surface area (TPSA) is 50.7 Å². The summed E-state index contributed by atoms with van der Waals surface area (Å²) in [7, 11) is 1.76. The number of aliphatic hydroxyl groups is 1. The van der Waals surface area contributed by atoms with Crippen LogP contribution in [0.3, 0.4) is 0 Å². The van der Waals surface area contributed by atoms with Gasteiger partial charge in [0.25, 0.3) is 0 Å². The highest BCUT2D eigenvalue weighted by atomic mass is 16.5. The van der Waals surface area contributed by atoms with Crippen LogP contribution in [0.4, 0.5) is 0 Å². The summed E-state index contributed by atoms with van der Waals surface area (Å²) in [6.07, 6.45) is 3.13. The highest BCUT2D eigenvalue weighted by Gasteiger charge is 2.24. The van der Waals surface area contributed by atoms with Gasteiger partial charge in [-0.05, 0) is 38.3 Å². The summed E-state index contributed by atoms with van der Waals surface area (Å²) in [5.41, 5.74) is 1.20. The molecule has 1 aromatic carbocycles. The SMILES string of the molecule is COC1CCC(NCC(O)COc2ccc(C)cc2)C1. The maximum atomic E-state index is 9.93. The maximum absolute atomic E-state index is 9.93. The first-order valence-electron chi connectivity index (χ1n) is 7.31. The molecule has 2 N–H and O–H groups in total. The third-order valence-electron chi connectivity index (χ3n) is 3.82. The fraction of sp³-hybridized carbons (Fsp3) is 0.625. The Labute approximate surface area is 121 Å². The van der Waals surface area contributed by atoms with Gasteiger partial charge in [-0.3, -0.25) is 0 Å². The normalized spacial score (nSPS) is 23.8. The number of methoxy groups -OCH3 is 1. The van der Waals surface area contributed by atoms with Crippen molar-refractivity contribution in [3.8, 4) is 5.75 Å². The summed E-state index contributed by atoms with van der Waals surface area (Å²) in [6.45, 7) is 2.92. The second kappa shape index (κ2) is 7.62. The van der Waals surface area contributed by atoms with Crippen molar-refractivity contribution < 1.29 is 14.6 Å². The van der Waals surface area contributed by atoms with Gasteiger partial charge in [0.2, 0.25) is 0 Å². The van der Waals surface area contributed by atoms with E-state index in [9.17, 15) is 5.11 Å². The summed E-state index contributed by atoms with van der Waals surface area (Å²) in [5.74, 6) is 0.801. The van der Waals surface area contributed by atoms with Gasteiger partial charge in [0, 0.05) is 19.7 Å². The molecule has 0 bridgehead atoms. The molecule has 3 unspecified atom stereocenters. The highest BCUT2D eigenvalue weighted by molar-refractivity contribution is 5.26. The lowest BCUT2D eigenvalue weighted by Gasteiger charge is -2.17. The first-order chi connectivity index (χ1) is 9.67. The average molecular weight is 279 g/mol. The third-order valence-corrected chi connectivity index (χ3v) is 3.82. The molecule has 1 aliphatic carbocycles. The molecule has 0 amide bonds. The largest absolute Gasteiger partial charge is 0.491 e. The van der Waals surface area contributed by atoms with E-state index in [-0.39, 0.29) is 0 Å². The number of nitrogens with one attached hydrogen (secondary N) is 1. The van der Waals surface area contributed by atoms with Gasteiger partial charge in [0.15, 0.2) is 0 Å². The smallest absolute Gasteiger partial charge is 0.119 e. The summed E-state index contributed by atoms with van der Waals surface area (Å²) in [4.78, 5) is 0. The van der Waals surface area contributed by atoms with E-state index >= 15 is 0 Å². The van der Waals surface area contributed by atoms with Crippen molar-refractivity contribution in [2.75, 3.05) is 20.3 Å². The van der Waals surface area contributed by atoms with Crippen LogP contribution in [0, 0.1) is 6.92 Å². The molecule has 0 aliphatic heterocycles. The van der Waals surface area contributed by atoms with Crippen molar-refractivity contribution in [1.29, 1.82) is 0 Å². The predicted octanol–water partition coefficient (Wildman–Crippen LogP) is 1.89. The van der Waals surface area contributed by atoms with Crippen LogP contribution >= 0.6 is 0 Å². The molecule has 1 aliphatic rings. The van der Waals surface area contributed by atoms with Crippen molar-refractivity contribution >= 4 is 0 Å². The monoisotopic (exact) mass is 279 g/mol. The Morgan fingerprint density at radius 2 is 2.05 bits per heavy atom. The number of rotatable bonds is 7. The van der Waals surface area contributed by atoms with Crippen molar-refractivity contribution in [3.63, 3.8) is 0 Å². The molecule has 2 rings (SSSR count). The van der Waals surface area contributed by atoms with E-state index in [1.54, 1.807) is 7.11 Å². The molecular formula is C16H25NO3. The first-order valence-corrected chi connectivity index (χ1v) is 7.31. The van der Waals surface area contributed by atoms with Gasteiger partial charge in [0.05, 0.1) is 6.10 Å². The quantitative estimate of drug-likeness (QED) is 0.800. The predicted molar refractivity (Wildman–Crippen MR) is 79.1 cm³/mol. The van der Waals surface area contributed by atoms with Gasteiger partial charge in [-0.15, -0.1) is 0 Å². The second-order valence-electron chi connectivity index (χ2n) is 5.55. The van der Waals surface area contributed by atoms with Crippen LogP contribution < -0.4 is 10.1 Å². The van der Waals surface area contributed by atoms with Crippen LogP contribution in [-0.2, 0) is 4.74 Å². The number of aliphatic hydroxyl groups excluding tert-OH is 1. The second-order valence-corrected chi connectivity index (χ2v) is 5.55. The van der Waals surface area contributed by atoms with Crippen molar-refractivity contribution in [1.82, 2.24) is 5.32 Å². The van der Waals surface area contributed by atoms with Crippen molar-refractivity contribution in [3.05, 3.63) is 29.8 Å². The van der Waals surface area contributed by atoms with E-state index < -0.39 is 6.10 Å². The zero-order chi connectivity index (χ0) is 14.4. The number of benzene rings is 1. The van der Waals surface area contributed by atoms with E-state index in [1.165, 1.54) is 5.56 Å². The molecule has 3 atom stereocenters. The van der Waals surface area contributed by atoms with Crippen LogP contribution in [0.15, 0.2) is 24.3 Å². The maximum Gasteiger partial charge on any atom is 0.119 e. The highest BCUT2D eigenvalue weighted by Crippen LogP contribution is 2.21. The van der Waals surface area contributed by atoms with E-state index in [2.05, 4.69) is 5.32 Å². The Kier molecular flexibility index (Phi) is 5.83. The van der Waals surface area contributed by atoms with E-state index in [0.29, 0.717) is 25.3 Å². The molecule has 112 valence electrons. The van der Waals surface area contributed by atoms with E-state index in [1.807, 2.05) is 31.2 Å². The molecule has 1 aromatic rings. The number of ether oxygens (including phenoxy) is 2. The molecule has 0 saturated heterocycles. The molecule has 1 fully saturated rings. The molecule has 4 nitrogen and oxygen atoms in total. The summed E-state index contributed by atoms with van der Waals surface area (Å²) >= 11 is 0. The Morgan fingerprint density at radius 1 is 1.30 bits per heavy atom. The van der Waals surface area contributed by atoms with Gasteiger partial charge in [-0.1, -0.05) is 17.7 Å². The van der Waals surface area contributed by atoms with Crippen LogP contribution in [0.25, 0.3) is 0 Å². The van der Waals surface area contributed by atoms with Crippen LogP contribution in [0.1, 0.15) is 24.8 Å². The van der Waals surface area contributed by atoms with Gasteiger partial charge >= 0.3 is 0 Å². The van der Waals surface area contributed by atoms with Gasteiger partial charge in [0.1, 0.15) is 18.5 Å². The van der Waals surface area contributed by atoms with Crippen molar-refractivity contribution in [2.24, 2.45) is 0 Å². The fourth-order valence-corrected chi connectivity index (χ4v) is 2.53. The van der Waals surface area contributed by atoms with Crippen LogP contribution in [0.5, 0.6) is 5.75 Å². The summed E-state index contributed by atoms with van der Waals surface area (Å²) in [5, 5.41) is 13.3. The fourth-order valence-electron chi connectivity index (χ4n) is 2.53. The lowest BCUT2D eigenvalue weighted by molar-refractivity contribution is 0.0966. The molecule has 0 spiro atoms. The number of aryl methyl sites for hydroxylation is 1. The average Bonchev–Trinajstić information content (AvgIpc) is 2.92. The van der Waals surface area contributed by atoms with E-state index in [4.69, 9.17) is 9.47 Å². The summed E-state index contributed by atoms with van der Waals surface area (Å²) in [6, 6.07) is 8.31. The summed E-state index contributed by atoms with van der Waals surface area (Å²) < 4.78 is 10.9. The molecule has 0 radical (unpaired) electrons. The van der Waals surface area contributed by atoms with Gasteiger partial charge < -0.3 is 19.9 Å². The zero-order valence-corrected chi connectivity index (χ0v) is 12.3.